The number of ether oxygens (including phenoxy) is 1. The molecule has 0 saturated heterocycles. The van der Waals surface area contributed by atoms with Gasteiger partial charge in [-0.15, -0.1) is 0 Å². The van der Waals surface area contributed by atoms with Gasteiger partial charge in [-0.25, -0.2) is 0 Å². The number of hydrogen-bond acceptors (Lipinski definition) is 5. The summed E-state index contributed by atoms with van der Waals surface area (Å²) in [4.78, 5) is 46.0. The van der Waals surface area contributed by atoms with E-state index in [4.69, 9.17) is 0 Å². The molecule has 0 spiro atoms. The van der Waals surface area contributed by atoms with Crippen molar-refractivity contribution in [3.05, 3.63) is 0 Å². The Hall–Kier alpha value is -1.92. The Morgan fingerprint density at radius 1 is 0.633 bits per heavy atom. The lowest BCUT2D eigenvalue weighted by molar-refractivity contribution is -0.144. The van der Waals surface area contributed by atoms with E-state index in [1.807, 2.05) is 0 Å². The van der Waals surface area contributed by atoms with Crippen LogP contribution in [-0.2, 0) is 23.9 Å². The number of amides is 2. The van der Waals surface area contributed by atoms with E-state index in [9.17, 15) is 19.2 Å². The van der Waals surface area contributed by atoms with Crippen LogP contribution in [0.2, 0.25) is 0 Å². The second-order valence-corrected chi connectivity index (χ2v) is 7.68. The third-order valence-corrected chi connectivity index (χ3v) is 4.91. The van der Waals surface area contributed by atoms with E-state index in [0.29, 0.717) is 6.42 Å². The molecule has 0 aliphatic rings. The fraction of sp³-hybridized carbons (Fsp3) is 0.826. The molecule has 2 N–H and O–H groups in total. The van der Waals surface area contributed by atoms with Crippen LogP contribution < -0.4 is 10.6 Å². The summed E-state index contributed by atoms with van der Waals surface area (Å²) >= 11 is 0. The second-order valence-electron chi connectivity index (χ2n) is 7.68. The van der Waals surface area contributed by atoms with E-state index < -0.39 is 17.7 Å². The fourth-order valence-electron chi connectivity index (χ4n) is 3.11. The number of hydrogen-bond donors (Lipinski definition) is 2. The van der Waals surface area contributed by atoms with Crippen molar-refractivity contribution in [3.63, 3.8) is 0 Å². The van der Waals surface area contributed by atoms with Crippen LogP contribution in [0.5, 0.6) is 0 Å². The third kappa shape index (κ3) is 18.1. The third-order valence-electron chi connectivity index (χ3n) is 4.91. The Morgan fingerprint density at radius 3 is 1.63 bits per heavy atom. The highest BCUT2D eigenvalue weighted by atomic mass is 16.5. The number of unbranched alkanes of at least 4 members (excludes halogenated alkanes) is 12. The summed E-state index contributed by atoms with van der Waals surface area (Å²) in [6.07, 6.45) is 16.5. The zero-order valence-electron chi connectivity index (χ0n) is 19.1. The van der Waals surface area contributed by atoms with Crippen molar-refractivity contribution in [2.45, 2.75) is 104 Å². The van der Waals surface area contributed by atoms with Gasteiger partial charge in [0.05, 0.1) is 13.2 Å². The summed E-state index contributed by atoms with van der Waals surface area (Å²) in [6.45, 7) is 3.39. The molecule has 0 aromatic heterocycles. The van der Waals surface area contributed by atoms with E-state index in [2.05, 4.69) is 22.3 Å². The molecule has 7 heteroatoms. The first-order valence-electron chi connectivity index (χ1n) is 11.7. The van der Waals surface area contributed by atoms with E-state index >= 15 is 0 Å². The van der Waals surface area contributed by atoms with Crippen LogP contribution in [0, 0.1) is 0 Å². The minimum absolute atomic E-state index is 0.206. The van der Waals surface area contributed by atoms with Crippen LogP contribution >= 0.6 is 0 Å². The Bertz CT molecular complexity index is 494. The Labute approximate surface area is 182 Å². The van der Waals surface area contributed by atoms with Crippen LogP contribution in [-0.4, -0.2) is 43.3 Å². The average Bonchev–Trinajstić information content (AvgIpc) is 2.73. The molecular weight excluding hydrogens is 384 g/mol. The molecule has 7 nitrogen and oxygen atoms in total. The predicted octanol–water partition coefficient (Wildman–Crippen LogP) is 3.83. The van der Waals surface area contributed by atoms with Crippen molar-refractivity contribution in [2.24, 2.45) is 0 Å². The topological polar surface area (TPSA) is 102 Å². The number of carbonyl (C=O) groups excluding carboxylic acids is 4. The predicted molar refractivity (Wildman–Crippen MR) is 118 cm³/mol. The molecule has 0 saturated carbocycles. The molecule has 0 atom stereocenters. The van der Waals surface area contributed by atoms with Crippen molar-refractivity contribution < 1.29 is 23.9 Å². The fourth-order valence-corrected chi connectivity index (χ4v) is 3.11. The molecule has 0 aliphatic carbocycles. The molecule has 0 bridgehead atoms. The van der Waals surface area contributed by atoms with Gasteiger partial charge in [0.1, 0.15) is 6.54 Å². The maximum Gasteiger partial charge on any atom is 0.325 e. The van der Waals surface area contributed by atoms with E-state index in [0.717, 1.165) is 19.3 Å². The van der Waals surface area contributed by atoms with E-state index in [-0.39, 0.29) is 25.6 Å². The van der Waals surface area contributed by atoms with Gasteiger partial charge in [-0.3, -0.25) is 19.2 Å². The largest absolute Gasteiger partial charge is 0.465 e. The molecule has 0 heterocycles. The minimum Gasteiger partial charge on any atom is -0.465 e. The number of ketones is 1. The van der Waals surface area contributed by atoms with Crippen LogP contribution in [0.1, 0.15) is 104 Å². The molecule has 0 aromatic rings. The monoisotopic (exact) mass is 426 g/mol. The van der Waals surface area contributed by atoms with Crippen molar-refractivity contribution in [1.29, 1.82) is 0 Å². The first-order valence-corrected chi connectivity index (χ1v) is 11.7. The molecule has 2 amide bonds. The molecule has 0 aliphatic heterocycles. The summed E-state index contributed by atoms with van der Waals surface area (Å²) in [5.74, 6) is -2.52. The normalized spacial score (nSPS) is 10.5. The maximum atomic E-state index is 11.8. The Morgan fingerprint density at radius 2 is 1.13 bits per heavy atom. The van der Waals surface area contributed by atoms with Gasteiger partial charge in [0, 0.05) is 6.42 Å². The summed E-state index contributed by atoms with van der Waals surface area (Å²) in [5.41, 5.74) is 0. The second kappa shape index (κ2) is 20.4. The SMILES string of the molecule is CCCCCCCCCCCCCCCC(=O)NCC(=O)C(=O)NCC(=O)OCC. The van der Waals surface area contributed by atoms with Gasteiger partial charge in [-0.1, -0.05) is 84.0 Å². The maximum absolute atomic E-state index is 11.8. The lowest BCUT2D eigenvalue weighted by Gasteiger charge is -2.06. The van der Waals surface area contributed by atoms with Crippen molar-refractivity contribution in [1.82, 2.24) is 10.6 Å². The van der Waals surface area contributed by atoms with E-state index in [1.165, 1.54) is 64.2 Å². The highest BCUT2D eigenvalue weighted by molar-refractivity contribution is 6.37. The molecule has 30 heavy (non-hydrogen) atoms. The van der Waals surface area contributed by atoms with Crippen molar-refractivity contribution in [3.8, 4) is 0 Å². The summed E-state index contributed by atoms with van der Waals surface area (Å²) in [7, 11) is 0. The number of Topliss-reactive ketones (excluding diaryl/α,β-unsaturated/α-hetero) is 1. The van der Waals surface area contributed by atoms with Gasteiger partial charge in [-0.2, -0.15) is 0 Å². The standard InChI is InChI=1S/C23H42N2O5/c1-3-5-6-7-8-9-10-11-12-13-14-15-16-17-21(27)24-18-20(26)23(29)25-19-22(28)30-4-2/h3-19H2,1-2H3,(H,24,27)(H,25,29). The highest BCUT2D eigenvalue weighted by Gasteiger charge is 2.15. The van der Waals surface area contributed by atoms with Gasteiger partial charge < -0.3 is 15.4 Å². The quantitative estimate of drug-likeness (QED) is 0.175. The zero-order valence-corrected chi connectivity index (χ0v) is 19.1. The molecule has 0 unspecified atom stereocenters. The number of nitrogens with one attached hydrogen (secondary N) is 2. The minimum atomic E-state index is -0.899. The Kier molecular flexibility index (Phi) is 19.1. The van der Waals surface area contributed by atoms with Crippen LogP contribution in [0.4, 0.5) is 0 Å². The highest BCUT2D eigenvalue weighted by Crippen LogP contribution is 2.12. The molecule has 174 valence electrons. The van der Waals surface area contributed by atoms with Crippen LogP contribution in [0.25, 0.3) is 0 Å². The molecule has 0 rings (SSSR count). The smallest absolute Gasteiger partial charge is 0.325 e. The molecule has 0 aromatic carbocycles. The Balaban J connectivity index is 3.49. The van der Waals surface area contributed by atoms with Crippen molar-refractivity contribution >= 4 is 23.6 Å². The van der Waals surface area contributed by atoms with Crippen molar-refractivity contribution in [2.75, 3.05) is 19.7 Å². The number of carbonyl (C=O) groups is 4. The van der Waals surface area contributed by atoms with Crippen LogP contribution in [0.3, 0.4) is 0 Å². The zero-order chi connectivity index (χ0) is 22.5. The van der Waals surface area contributed by atoms with Gasteiger partial charge in [-0.05, 0) is 13.3 Å². The lowest BCUT2D eigenvalue weighted by atomic mass is 10.0. The van der Waals surface area contributed by atoms with Gasteiger partial charge >= 0.3 is 5.97 Å². The summed E-state index contributed by atoms with van der Waals surface area (Å²) in [6, 6.07) is 0. The van der Waals surface area contributed by atoms with Gasteiger partial charge in [0.15, 0.2) is 0 Å². The number of rotatable bonds is 20. The van der Waals surface area contributed by atoms with Crippen LogP contribution in [0.15, 0.2) is 0 Å². The molecule has 0 radical (unpaired) electrons. The molecular formula is C23H42N2O5. The summed E-state index contributed by atoms with van der Waals surface area (Å²) in [5, 5.41) is 4.63. The number of esters is 1. The molecule has 0 fully saturated rings. The summed E-state index contributed by atoms with van der Waals surface area (Å²) < 4.78 is 4.65. The first kappa shape index (κ1) is 28.1. The average molecular weight is 427 g/mol. The van der Waals surface area contributed by atoms with E-state index in [1.54, 1.807) is 6.92 Å². The van der Waals surface area contributed by atoms with Gasteiger partial charge in [0.25, 0.3) is 5.91 Å². The lowest BCUT2D eigenvalue weighted by Crippen LogP contribution is -2.41. The first-order chi connectivity index (χ1) is 14.5. The van der Waals surface area contributed by atoms with Gasteiger partial charge in [0.2, 0.25) is 11.7 Å².